The van der Waals surface area contributed by atoms with Crippen LogP contribution in [0, 0.1) is 13.8 Å². The molecule has 2 aromatic rings. The Labute approximate surface area is 198 Å². The number of hydrogen-bond acceptors (Lipinski definition) is 7. The Morgan fingerprint density at radius 1 is 1.03 bits per heavy atom. The van der Waals surface area contributed by atoms with Gasteiger partial charge in [0.2, 0.25) is 10.0 Å². The zero-order valence-electron chi connectivity index (χ0n) is 18.9. The molecule has 33 heavy (non-hydrogen) atoms. The van der Waals surface area contributed by atoms with Crippen LogP contribution < -0.4 is 0 Å². The van der Waals surface area contributed by atoms with E-state index in [4.69, 9.17) is 4.74 Å². The fourth-order valence-electron chi connectivity index (χ4n) is 3.71. The third-order valence-electron chi connectivity index (χ3n) is 5.48. The first-order chi connectivity index (χ1) is 15.6. The lowest BCUT2D eigenvalue weighted by Gasteiger charge is -2.35. The highest BCUT2D eigenvalue weighted by Gasteiger charge is 2.32. The number of carbonyl (C=O) groups excluding carboxylic acids is 3. The van der Waals surface area contributed by atoms with Gasteiger partial charge in [0.25, 0.3) is 5.91 Å². The summed E-state index contributed by atoms with van der Waals surface area (Å²) in [6.45, 7) is 6.03. The van der Waals surface area contributed by atoms with Crippen molar-refractivity contribution in [3.63, 3.8) is 0 Å². The SMILES string of the molecule is Cc1cc(C(=O)CCC(=O)OC(C)C(=O)N2CCN(S(=O)(=O)c3ccccc3)CC2)c(C)s1. The topological polar surface area (TPSA) is 101 Å². The van der Waals surface area contributed by atoms with Gasteiger partial charge in [-0.3, -0.25) is 14.4 Å². The number of hydrogen-bond donors (Lipinski definition) is 0. The van der Waals surface area contributed by atoms with Crippen molar-refractivity contribution >= 4 is 39.0 Å². The molecule has 0 saturated carbocycles. The third kappa shape index (κ3) is 6.07. The molecule has 1 aromatic heterocycles. The van der Waals surface area contributed by atoms with Crippen LogP contribution in [0.4, 0.5) is 0 Å². The van der Waals surface area contributed by atoms with Gasteiger partial charge in [0.05, 0.1) is 11.3 Å². The summed E-state index contributed by atoms with van der Waals surface area (Å²) in [6.07, 6.45) is -1.09. The number of sulfonamides is 1. The second-order valence-electron chi connectivity index (χ2n) is 7.92. The van der Waals surface area contributed by atoms with Crippen molar-refractivity contribution in [2.75, 3.05) is 26.2 Å². The second-order valence-corrected chi connectivity index (χ2v) is 11.3. The third-order valence-corrected chi connectivity index (χ3v) is 8.36. The van der Waals surface area contributed by atoms with E-state index in [0.717, 1.165) is 9.75 Å². The van der Waals surface area contributed by atoms with Gasteiger partial charge in [-0.05, 0) is 39.0 Å². The van der Waals surface area contributed by atoms with Gasteiger partial charge >= 0.3 is 5.97 Å². The summed E-state index contributed by atoms with van der Waals surface area (Å²) in [7, 11) is -3.61. The summed E-state index contributed by atoms with van der Waals surface area (Å²) >= 11 is 1.53. The number of esters is 1. The van der Waals surface area contributed by atoms with Crippen LogP contribution in [-0.2, 0) is 24.3 Å². The Morgan fingerprint density at radius 2 is 1.67 bits per heavy atom. The lowest BCUT2D eigenvalue weighted by Crippen LogP contribution is -2.52. The average Bonchev–Trinajstić information content (AvgIpc) is 3.15. The number of thiophene rings is 1. The predicted molar refractivity (Wildman–Crippen MR) is 125 cm³/mol. The molecule has 0 aliphatic carbocycles. The van der Waals surface area contributed by atoms with Gasteiger partial charge in [-0.25, -0.2) is 8.42 Å². The van der Waals surface area contributed by atoms with E-state index in [-0.39, 0.29) is 55.6 Å². The molecule has 1 saturated heterocycles. The summed E-state index contributed by atoms with van der Waals surface area (Å²) in [4.78, 5) is 40.9. The molecule has 0 radical (unpaired) electrons. The number of aryl methyl sites for hydroxylation is 2. The van der Waals surface area contributed by atoms with Crippen molar-refractivity contribution in [2.45, 2.75) is 44.6 Å². The van der Waals surface area contributed by atoms with Crippen LogP contribution in [0.15, 0.2) is 41.3 Å². The number of piperazine rings is 1. The first kappa shape index (κ1) is 25.1. The van der Waals surface area contributed by atoms with Crippen LogP contribution in [0.25, 0.3) is 0 Å². The van der Waals surface area contributed by atoms with Crippen molar-refractivity contribution in [1.82, 2.24) is 9.21 Å². The number of rotatable bonds is 8. The van der Waals surface area contributed by atoms with E-state index >= 15 is 0 Å². The largest absolute Gasteiger partial charge is 0.453 e. The summed E-state index contributed by atoms with van der Waals surface area (Å²) in [5.41, 5.74) is 0.623. The molecule has 1 amide bonds. The van der Waals surface area contributed by atoms with Crippen molar-refractivity contribution in [2.24, 2.45) is 0 Å². The maximum absolute atomic E-state index is 12.7. The second kappa shape index (κ2) is 10.6. The normalized spacial score (nSPS) is 15.8. The standard InChI is InChI=1S/C23H28N2O6S2/c1-16-15-20(18(3)32-16)21(26)9-10-22(27)31-17(2)23(28)24-11-13-25(14-12-24)33(29,30)19-7-5-4-6-8-19/h4-8,15,17H,9-14H2,1-3H3. The smallest absolute Gasteiger partial charge is 0.307 e. The molecule has 0 N–H and O–H groups in total. The molecule has 8 nitrogen and oxygen atoms in total. The Bertz CT molecular complexity index is 1120. The molecule has 0 bridgehead atoms. The first-order valence-corrected chi connectivity index (χ1v) is 13.0. The van der Waals surface area contributed by atoms with E-state index in [2.05, 4.69) is 0 Å². The van der Waals surface area contributed by atoms with E-state index in [9.17, 15) is 22.8 Å². The minimum atomic E-state index is -3.61. The summed E-state index contributed by atoms with van der Waals surface area (Å²) in [5.74, 6) is -1.11. The molecule has 1 aromatic carbocycles. The van der Waals surface area contributed by atoms with Crippen LogP contribution in [0.1, 0.15) is 39.9 Å². The number of amides is 1. The van der Waals surface area contributed by atoms with Gasteiger partial charge in [-0.1, -0.05) is 18.2 Å². The minimum absolute atomic E-state index is 0.0206. The number of benzene rings is 1. The molecule has 3 rings (SSSR count). The molecule has 1 aliphatic rings. The highest BCUT2D eigenvalue weighted by Crippen LogP contribution is 2.22. The maximum Gasteiger partial charge on any atom is 0.307 e. The van der Waals surface area contributed by atoms with Gasteiger partial charge in [0.1, 0.15) is 0 Å². The summed E-state index contributed by atoms with van der Waals surface area (Å²) in [5, 5.41) is 0. The zero-order valence-corrected chi connectivity index (χ0v) is 20.6. The molecule has 10 heteroatoms. The zero-order chi connectivity index (χ0) is 24.2. The molecule has 0 spiro atoms. The fourth-order valence-corrected chi connectivity index (χ4v) is 6.10. The van der Waals surface area contributed by atoms with Crippen LogP contribution in [0.5, 0.6) is 0 Å². The highest BCUT2D eigenvalue weighted by molar-refractivity contribution is 7.89. The molecular formula is C23H28N2O6S2. The highest BCUT2D eigenvalue weighted by atomic mass is 32.2. The summed E-state index contributed by atoms with van der Waals surface area (Å²) in [6, 6.07) is 9.98. The van der Waals surface area contributed by atoms with Crippen LogP contribution in [0.2, 0.25) is 0 Å². The number of nitrogens with zero attached hydrogens (tertiary/aromatic N) is 2. The van der Waals surface area contributed by atoms with E-state index < -0.39 is 22.1 Å². The molecule has 1 atom stereocenters. The number of carbonyl (C=O) groups is 3. The van der Waals surface area contributed by atoms with Gasteiger partial charge < -0.3 is 9.64 Å². The predicted octanol–water partition coefficient (Wildman–Crippen LogP) is 2.79. The van der Waals surface area contributed by atoms with Gasteiger partial charge in [0.15, 0.2) is 11.9 Å². The number of ketones is 1. The molecule has 1 aliphatic heterocycles. The Morgan fingerprint density at radius 3 is 2.24 bits per heavy atom. The van der Waals surface area contributed by atoms with Gasteiger partial charge in [0, 0.05) is 47.9 Å². The first-order valence-electron chi connectivity index (χ1n) is 10.7. The molecular weight excluding hydrogens is 464 g/mol. The quantitative estimate of drug-likeness (QED) is 0.415. The lowest BCUT2D eigenvalue weighted by atomic mass is 10.1. The molecule has 1 unspecified atom stereocenters. The van der Waals surface area contributed by atoms with Crippen LogP contribution in [0.3, 0.4) is 0 Å². The Hall–Kier alpha value is -2.56. The van der Waals surface area contributed by atoms with E-state index in [1.54, 1.807) is 30.3 Å². The number of ether oxygens (including phenoxy) is 1. The van der Waals surface area contributed by atoms with Gasteiger partial charge in [-0.2, -0.15) is 4.31 Å². The monoisotopic (exact) mass is 492 g/mol. The van der Waals surface area contributed by atoms with Crippen LogP contribution in [-0.4, -0.2) is 67.6 Å². The molecule has 178 valence electrons. The fraction of sp³-hybridized carbons (Fsp3) is 0.435. The van der Waals surface area contributed by atoms with Crippen molar-refractivity contribution < 1.29 is 27.5 Å². The van der Waals surface area contributed by atoms with Crippen molar-refractivity contribution in [3.05, 3.63) is 51.7 Å². The van der Waals surface area contributed by atoms with E-state index in [0.29, 0.717) is 5.56 Å². The van der Waals surface area contributed by atoms with Crippen molar-refractivity contribution in [1.29, 1.82) is 0 Å². The average molecular weight is 493 g/mol. The van der Waals surface area contributed by atoms with Gasteiger partial charge in [-0.15, -0.1) is 11.3 Å². The molecule has 2 heterocycles. The van der Waals surface area contributed by atoms with E-state index in [1.165, 1.54) is 27.5 Å². The van der Waals surface area contributed by atoms with Crippen molar-refractivity contribution in [3.8, 4) is 0 Å². The number of Topliss-reactive ketones (excluding diaryl/α,β-unsaturated/α-hetero) is 1. The van der Waals surface area contributed by atoms with E-state index in [1.807, 2.05) is 19.9 Å². The lowest BCUT2D eigenvalue weighted by molar-refractivity contribution is -0.159. The van der Waals surface area contributed by atoms with Crippen LogP contribution >= 0.6 is 11.3 Å². The maximum atomic E-state index is 12.7. The summed E-state index contributed by atoms with van der Waals surface area (Å²) < 4.78 is 32.0. The Kier molecular flexibility index (Phi) is 8.04. The minimum Gasteiger partial charge on any atom is -0.453 e. The molecule has 1 fully saturated rings. The Balaban J connectivity index is 1.47.